The molecule has 0 bridgehead atoms. The molecule has 5 heteroatoms. The van der Waals surface area contributed by atoms with Crippen LogP contribution in [-0.2, 0) is 6.42 Å². The van der Waals surface area contributed by atoms with E-state index in [1.165, 1.54) is 0 Å². The Labute approximate surface area is 125 Å². The first-order valence-electron chi connectivity index (χ1n) is 6.40. The summed E-state index contributed by atoms with van der Waals surface area (Å²) in [5.41, 5.74) is 1.71. The molecule has 20 heavy (non-hydrogen) atoms. The number of fused-ring (bicyclic) bond motifs is 1. The lowest BCUT2D eigenvalue weighted by Crippen LogP contribution is -2.17. The standard InChI is InChI=1S/C15H14BrNO3/c16-11-6-10(8-17-9-11)7-13(18)12-2-1-3-14-15(12)20-5-4-19-14/h1-3,6,8-9,13,18H,4-5,7H2. The van der Waals surface area contributed by atoms with E-state index in [1.807, 2.05) is 24.3 Å². The summed E-state index contributed by atoms with van der Waals surface area (Å²) in [5, 5.41) is 10.4. The van der Waals surface area contributed by atoms with Crippen molar-refractivity contribution in [2.45, 2.75) is 12.5 Å². The van der Waals surface area contributed by atoms with Crippen LogP contribution in [0.25, 0.3) is 0 Å². The third-order valence-electron chi connectivity index (χ3n) is 3.15. The molecule has 0 fully saturated rings. The van der Waals surface area contributed by atoms with Gasteiger partial charge in [-0.25, -0.2) is 0 Å². The van der Waals surface area contributed by atoms with Crippen LogP contribution in [0.15, 0.2) is 41.1 Å². The zero-order chi connectivity index (χ0) is 13.9. The fourth-order valence-corrected chi connectivity index (χ4v) is 2.67. The Morgan fingerprint density at radius 1 is 1.25 bits per heavy atom. The van der Waals surface area contributed by atoms with Gasteiger partial charge in [-0.3, -0.25) is 4.98 Å². The van der Waals surface area contributed by atoms with Crippen LogP contribution in [0.3, 0.4) is 0 Å². The molecule has 1 atom stereocenters. The third kappa shape index (κ3) is 2.78. The Hall–Kier alpha value is -1.59. The van der Waals surface area contributed by atoms with Gasteiger partial charge in [-0.1, -0.05) is 12.1 Å². The lowest BCUT2D eigenvalue weighted by Gasteiger charge is -2.23. The maximum atomic E-state index is 10.4. The lowest BCUT2D eigenvalue weighted by molar-refractivity contribution is 0.146. The highest BCUT2D eigenvalue weighted by Gasteiger charge is 2.20. The molecule has 0 saturated heterocycles. The van der Waals surface area contributed by atoms with Gasteiger partial charge in [-0.05, 0) is 33.6 Å². The molecular formula is C15H14BrNO3. The monoisotopic (exact) mass is 335 g/mol. The van der Waals surface area contributed by atoms with Gasteiger partial charge in [0.25, 0.3) is 0 Å². The highest BCUT2D eigenvalue weighted by molar-refractivity contribution is 9.10. The second-order valence-electron chi connectivity index (χ2n) is 4.60. The average molecular weight is 336 g/mol. The van der Waals surface area contributed by atoms with Crippen LogP contribution in [-0.4, -0.2) is 23.3 Å². The molecule has 0 radical (unpaired) electrons. The number of ether oxygens (including phenoxy) is 2. The number of para-hydroxylation sites is 1. The molecular weight excluding hydrogens is 322 g/mol. The molecule has 1 aliphatic heterocycles. The second kappa shape index (κ2) is 5.81. The smallest absolute Gasteiger partial charge is 0.167 e. The molecule has 0 aliphatic carbocycles. The number of hydrogen-bond acceptors (Lipinski definition) is 4. The van der Waals surface area contributed by atoms with E-state index in [4.69, 9.17) is 9.47 Å². The van der Waals surface area contributed by atoms with Crippen molar-refractivity contribution >= 4 is 15.9 Å². The van der Waals surface area contributed by atoms with Crippen LogP contribution in [0, 0.1) is 0 Å². The quantitative estimate of drug-likeness (QED) is 0.936. The molecule has 2 aromatic rings. The van der Waals surface area contributed by atoms with E-state index in [2.05, 4.69) is 20.9 Å². The molecule has 0 amide bonds. The molecule has 0 spiro atoms. The van der Waals surface area contributed by atoms with Crippen LogP contribution < -0.4 is 9.47 Å². The van der Waals surface area contributed by atoms with Gasteiger partial charge in [-0.2, -0.15) is 0 Å². The first-order chi connectivity index (χ1) is 9.74. The Balaban J connectivity index is 1.85. The SMILES string of the molecule is OC(Cc1cncc(Br)c1)c1cccc2c1OCCO2. The fourth-order valence-electron chi connectivity index (χ4n) is 2.26. The van der Waals surface area contributed by atoms with E-state index in [-0.39, 0.29) is 0 Å². The number of halogens is 1. The van der Waals surface area contributed by atoms with Gasteiger partial charge in [-0.15, -0.1) is 0 Å². The normalized spacial score (nSPS) is 14.9. The van der Waals surface area contributed by atoms with E-state index in [0.717, 1.165) is 15.6 Å². The maximum Gasteiger partial charge on any atom is 0.167 e. The Morgan fingerprint density at radius 2 is 2.10 bits per heavy atom. The van der Waals surface area contributed by atoms with E-state index in [0.29, 0.717) is 31.1 Å². The first-order valence-corrected chi connectivity index (χ1v) is 7.19. The summed E-state index contributed by atoms with van der Waals surface area (Å²) in [4.78, 5) is 4.10. The number of pyridine rings is 1. The average Bonchev–Trinajstić information content (AvgIpc) is 2.46. The number of aliphatic hydroxyl groups excluding tert-OH is 1. The number of rotatable bonds is 3. The minimum absolute atomic E-state index is 0.478. The molecule has 1 aromatic heterocycles. The topological polar surface area (TPSA) is 51.6 Å². The molecule has 3 rings (SSSR count). The number of aromatic nitrogens is 1. The predicted octanol–water partition coefficient (Wildman–Crippen LogP) is 2.89. The molecule has 104 valence electrons. The van der Waals surface area contributed by atoms with Crippen molar-refractivity contribution in [3.63, 3.8) is 0 Å². The highest BCUT2D eigenvalue weighted by atomic mass is 79.9. The summed E-state index contributed by atoms with van der Waals surface area (Å²) >= 11 is 3.38. The van der Waals surface area contributed by atoms with Crippen molar-refractivity contribution in [3.8, 4) is 11.5 Å². The molecule has 1 unspecified atom stereocenters. The van der Waals surface area contributed by atoms with Crippen LogP contribution in [0.1, 0.15) is 17.2 Å². The lowest BCUT2D eigenvalue weighted by atomic mass is 10.0. The highest BCUT2D eigenvalue weighted by Crippen LogP contribution is 2.37. The van der Waals surface area contributed by atoms with Crippen molar-refractivity contribution < 1.29 is 14.6 Å². The number of aliphatic hydroxyl groups is 1. The summed E-state index contributed by atoms with van der Waals surface area (Å²) in [6, 6.07) is 7.53. The zero-order valence-electron chi connectivity index (χ0n) is 10.8. The van der Waals surface area contributed by atoms with Gasteiger partial charge in [0.05, 0.1) is 6.10 Å². The van der Waals surface area contributed by atoms with Crippen molar-refractivity contribution in [2.75, 3.05) is 13.2 Å². The van der Waals surface area contributed by atoms with Crippen molar-refractivity contribution in [1.82, 2.24) is 4.98 Å². The number of benzene rings is 1. The second-order valence-corrected chi connectivity index (χ2v) is 5.52. The molecule has 1 N–H and O–H groups in total. The van der Waals surface area contributed by atoms with Gasteiger partial charge in [0.1, 0.15) is 13.2 Å². The fraction of sp³-hybridized carbons (Fsp3) is 0.267. The van der Waals surface area contributed by atoms with Gasteiger partial charge >= 0.3 is 0 Å². The van der Waals surface area contributed by atoms with Gasteiger partial charge in [0.2, 0.25) is 0 Å². The molecule has 1 aromatic carbocycles. The van der Waals surface area contributed by atoms with Gasteiger partial charge < -0.3 is 14.6 Å². The predicted molar refractivity (Wildman–Crippen MR) is 78.0 cm³/mol. The molecule has 2 heterocycles. The number of nitrogens with zero attached hydrogens (tertiary/aromatic N) is 1. The molecule has 0 saturated carbocycles. The summed E-state index contributed by atoms with van der Waals surface area (Å²) in [6.07, 6.45) is 3.30. The van der Waals surface area contributed by atoms with Crippen LogP contribution in [0.5, 0.6) is 11.5 Å². The summed E-state index contributed by atoms with van der Waals surface area (Å²) in [7, 11) is 0. The minimum Gasteiger partial charge on any atom is -0.486 e. The zero-order valence-corrected chi connectivity index (χ0v) is 12.3. The Bertz CT molecular complexity index is 618. The van der Waals surface area contributed by atoms with Gasteiger partial charge in [0, 0.05) is 28.9 Å². The van der Waals surface area contributed by atoms with Crippen molar-refractivity contribution in [2.24, 2.45) is 0 Å². The van der Waals surface area contributed by atoms with Crippen LogP contribution >= 0.6 is 15.9 Å². The number of hydrogen-bond donors (Lipinski definition) is 1. The van der Waals surface area contributed by atoms with E-state index < -0.39 is 6.10 Å². The summed E-state index contributed by atoms with van der Waals surface area (Å²) in [6.45, 7) is 1.05. The largest absolute Gasteiger partial charge is 0.486 e. The van der Waals surface area contributed by atoms with E-state index >= 15 is 0 Å². The van der Waals surface area contributed by atoms with Crippen LogP contribution in [0.2, 0.25) is 0 Å². The minimum atomic E-state index is -0.650. The maximum absolute atomic E-state index is 10.4. The molecule has 4 nitrogen and oxygen atoms in total. The van der Waals surface area contributed by atoms with Crippen LogP contribution in [0.4, 0.5) is 0 Å². The summed E-state index contributed by atoms with van der Waals surface area (Å²) < 4.78 is 12.1. The Morgan fingerprint density at radius 3 is 2.95 bits per heavy atom. The first kappa shape index (κ1) is 13.4. The van der Waals surface area contributed by atoms with E-state index in [9.17, 15) is 5.11 Å². The van der Waals surface area contributed by atoms with Crippen molar-refractivity contribution in [3.05, 3.63) is 52.3 Å². The third-order valence-corrected chi connectivity index (χ3v) is 3.58. The van der Waals surface area contributed by atoms with Crippen molar-refractivity contribution in [1.29, 1.82) is 0 Å². The van der Waals surface area contributed by atoms with E-state index in [1.54, 1.807) is 12.4 Å². The molecule has 1 aliphatic rings. The summed E-state index contributed by atoms with van der Waals surface area (Å²) in [5.74, 6) is 1.34. The Kier molecular flexibility index (Phi) is 3.89. The van der Waals surface area contributed by atoms with Gasteiger partial charge in [0.15, 0.2) is 11.5 Å².